The number of carbonyl (C=O) groups excluding carboxylic acids is 1. The lowest BCUT2D eigenvalue weighted by Gasteiger charge is -2.19. The van der Waals surface area contributed by atoms with E-state index in [2.05, 4.69) is 14.8 Å². The van der Waals surface area contributed by atoms with Crippen LogP contribution in [0, 0.1) is 6.92 Å². The van der Waals surface area contributed by atoms with Crippen molar-refractivity contribution < 1.29 is 40.6 Å². The SMILES string of the molecule is CC(=O)Nc1c(-c2cccc(OC(F)(F)F)c2)cc(C)cc1-c1cccc(OC(F)(F)F)c1. The third kappa shape index (κ3) is 6.64. The van der Waals surface area contributed by atoms with Crippen LogP contribution in [0.25, 0.3) is 22.3 Å². The first-order valence-corrected chi connectivity index (χ1v) is 9.45. The van der Waals surface area contributed by atoms with Gasteiger partial charge in [0, 0.05) is 18.1 Å². The molecule has 1 amide bonds. The van der Waals surface area contributed by atoms with E-state index >= 15 is 0 Å². The van der Waals surface area contributed by atoms with Crippen molar-refractivity contribution in [1.29, 1.82) is 0 Å². The molecule has 10 heteroatoms. The number of hydrogen-bond donors (Lipinski definition) is 1. The first-order valence-electron chi connectivity index (χ1n) is 9.45. The number of halogens is 6. The number of alkyl halides is 6. The van der Waals surface area contributed by atoms with Gasteiger partial charge in [-0.1, -0.05) is 24.3 Å². The molecule has 0 aromatic heterocycles. The standard InChI is InChI=1S/C23H17F6NO3/c1-13-9-19(15-5-3-7-17(11-15)32-22(24,25)26)21(30-14(2)31)20(10-13)16-6-4-8-18(12-16)33-23(27,28)29/h3-12H,1-2H3,(H,30,31). The zero-order chi connectivity index (χ0) is 24.4. The molecule has 0 saturated carbocycles. The third-order valence-corrected chi connectivity index (χ3v) is 4.34. The van der Waals surface area contributed by atoms with Gasteiger partial charge in [0.1, 0.15) is 11.5 Å². The minimum atomic E-state index is -4.89. The lowest BCUT2D eigenvalue weighted by atomic mass is 9.93. The molecule has 0 aliphatic carbocycles. The maximum atomic E-state index is 12.7. The molecule has 33 heavy (non-hydrogen) atoms. The maximum Gasteiger partial charge on any atom is 0.573 e. The fourth-order valence-electron chi connectivity index (χ4n) is 3.27. The zero-order valence-corrected chi connectivity index (χ0v) is 17.3. The van der Waals surface area contributed by atoms with Crippen LogP contribution < -0.4 is 14.8 Å². The number of rotatable bonds is 5. The van der Waals surface area contributed by atoms with Crippen LogP contribution >= 0.6 is 0 Å². The van der Waals surface area contributed by atoms with Crippen molar-refractivity contribution in [3.63, 3.8) is 0 Å². The van der Waals surface area contributed by atoms with E-state index in [9.17, 15) is 31.1 Å². The average molecular weight is 469 g/mol. The molecule has 0 heterocycles. The molecule has 0 fully saturated rings. The molecule has 4 nitrogen and oxygen atoms in total. The fourth-order valence-corrected chi connectivity index (χ4v) is 3.27. The normalized spacial score (nSPS) is 11.8. The van der Waals surface area contributed by atoms with E-state index in [0.717, 1.165) is 24.3 Å². The van der Waals surface area contributed by atoms with E-state index in [1.165, 1.54) is 31.2 Å². The van der Waals surface area contributed by atoms with Crippen LogP contribution in [0.3, 0.4) is 0 Å². The molecule has 0 atom stereocenters. The summed E-state index contributed by atoms with van der Waals surface area (Å²) in [5, 5.41) is 2.64. The number of hydrogen-bond acceptors (Lipinski definition) is 3. The number of anilines is 1. The summed E-state index contributed by atoms with van der Waals surface area (Å²) >= 11 is 0. The number of amides is 1. The van der Waals surface area contributed by atoms with Gasteiger partial charge in [-0.15, -0.1) is 26.3 Å². The van der Waals surface area contributed by atoms with Crippen LogP contribution in [0.4, 0.5) is 32.0 Å². The van der Waals surface area contributed by atoms with E-state index in [1.54, 1.807) is 19.1 Å². The molecule has 3 aromatic rings. The van der Waals surface area contributed by atoms with Gasteiger partial charge < -0.3 is 14.8 Å². The number of nitrogens with one attached hydrogen (secondary N) is 1. The van der Waals surface area contributed by atoms with E-state index in [1.807, 2.05) is 0 Å². The molecule has 3 aromatic carbocycles. The highest BCUT2D eigenvalue weighted by Gasteiger charge is 2.32. The van der Waals surface area contributed by atoms with Crippen molar-refractivity contribution in [3.8, 4) is 33.8 Å². The van der Waals surface area contributed by atoms with Crippen LogP contribution in [0.2, 0.25) is 0 Å². The summed E-state index contributed by atoms with van der Waals surface area (Å²) < 4.78 is 83.9. The second kappa shape index (κ2) is 9.05. The van der Waals surface area contributed by atoms with Crippen molar-refractivity contribution in [3.05, 3.63) is 66.2 Å². The first kappa shape index (κ1) is 24.0. The summed E-state index contributed by atoms with van der Waals surface area (Å²) in [4.78, 5) is 11.9. The van der Waals surface area contributed by atoms with Gasteiger partial charge in [-0.2, -0.15) is 0 Å². The molecule has 0 aliphatic rings. The molecule has 0 radical (unpaired) electrons. The molecule has 0 saturated heterocycles. The molecular formula is C23H17F6NO3. The van der Waals surface area contributed by atoms with Gasteiger partial charge in [0.25, 0.3) is 0 Å². The second-order valence-electron chi connectivity index (χ2n) is 7.07. The monoisotopic (exact) mass is 469 g/mol. The Balaban J connectivity index is 2.18. The van der Waals surface area contributed by atoms with Crippen molar-refractivity contribution in [2.75, 3.05) is 5.32 Å². The van der Waals surface area contributed by atoms with Gasteiger partial charge in [0.2, 0.25) is 5.91 Å². The van der Waals surface area contributed by atoms with Crippen LogP contribution in [0.1, 0.15) is 12.5 Å². The molecule has 0 spiro atoms. The van der Waals surface area contributed by atoms with E-state index < -0.39 is 30.1 Å². The van der Waals surface area contributed by atoms with Gasteiger partial charge in [0.15, 0.2) is 0 Å². The number of ether oxygens (including phenoxy) is 2. The minimum absolute atomic E-state index is 0.210. The fraction of sp³-hybridized carbons (Fsp3) is 0.174. The predicted molar refractivity (Wildman–Crippen MR) is 110 cm³/mol. The molecule has 1 N–H and O–H groups in total. The van der Waals surface area contributed by atoms with E-state index in [0.29, 0.717) is 27.8 Å². The molecule has 3 rings (SSSR count). The molecular weight excluding hydrogens is 452 g/mol. The van der Waals surface area contributed by atoms with Gasteiger partial charge in [0.05, 0.1) is 5.69 Å². The van der Waals surface area contributed by atoms with Gasteiger partial charge in [-0.05, 0) is 60.0 Å². The quantitative estimate of drug-likeness (QED) is 0.406. The van der Waals surface area contributed by atoms with Crippen LogP contribution in [0.15, 0.2) is 60.7 Å². The topological polar surface area (TPSA) is 47.6 Å². The summed E-state index contributed by atoms with van der Waals surface area (Å²) in [5.41, 5.74) is 2.17. The van der Waals surface area contributed by atoms with Crippen LogP contribution in [-0.4, -0.2) is 18.6 Å². The van der Waals surface area contributed by atoms with Crippen molar-refractivity contribution >= 4 is 11.6 Å². The lowest BCUT2D eigenvalue weighted by Crippen LogP contribution is -2.17. The summed E-state index contributed by atoms with van der Waals surface area (Å²) in [6.45, 7) is 2.94. The Morgan fingerprint density at radius 3 is 1.55 bits per heavy atom. The Hall–Kier alpha value is -3.69. The maximum absolute atomic E-state index is 12.7. The van der Waals surface area contributed by atoms with Crippen LogP contribution in [0.5, 0.6) is 11.5 Å². The smallest absolute Gasteiger partial charge is 0.406 e. The Morgan fingerprint density at radius 2 is 1.18 bits per heavy atom. The predicted octanol–water partition coefficient (Wildman–Crippen LogP) is 7.08. The minimum Gasteiger partial charge on any atom is -0.406 e. The number of benzene rings is 3. The zero-order valence-electron chi connectivity index (χ0n) is 17.3. The Labute approximate surface area is 184 Å². The summed E-state index contributed by atoms with van der Waals surface area (Å²) in [5.74, 6) is -1.40. The summed E-state index contributed by atoms with van der Waals surface area (Å²) in [7, 11) is 0. The molecule has 0 aliphatic heterocycles. The van der Waals surface area contributed by atoms with Crippen molar-refractivity contribution in [2.45, 2.75) is 26.6 Å². The van der Waals surface area contributed by atoms with Gasteiger partial charge >= 0.3 is 12.7 Å². The van der Waals surface area contributed by atoms with Crippen molar-refractivity contribution in [2.24, 2.45) is 0 Å². The second-order valence-corrected chi connectivity index (χ2v) is 7.07. The summed E-state index contributed by atoms with van der Waals surface area (Å²) in [6.07, 6.45) is -9.79. The highest BCUT2D eigenvalue weighted by molar-refractivity contribution is 6.01. The summed E-state index contributed by atoms with van der Waals surface area (Å²) in [6, 6.07) is 13.6. The largest absolute Gasteiger partial charge is 0.573 e. The van der Waals surface area contributed by atoms with Crippen molar-refractivity contribution in [1.82, 2.24) is 0 Å². The lowest BCUT2D eigenvalue weighted by molar-refractivity contribution is -0.275. The molecule has 174 valence electrons. The van der Waals surface area contributed by atoms with Gasteiger partial charge in [-0.3, -0.25) is 4.79 Å². The number of aryl methyl sites for hydroxylation is 1. The first-order chi connectivity index (χ1) is 15.3. The highest BCUT2D eigenvalue weighted by Crippen LogP contribution is 2.41. The van der Waals surface area contributed by atoms with Crippen LogP contribution in [-0.2, 0) is 4.79 Å². The molecule has 0 bridgehead atoms. The van der Waals surface area contributed by atoms with Gasteiger partial charge in [-0.25, -0.2) is 0 Å². The Morgan fingerprint density at radius 1 is 0.758 bits per heavy atom. The molecule has 0 unspecified atom stereocenters. The number of carbonyl (C=O) groups is 1. The third-order valence-electron chi connectivity index (χ3n) is 4.34. The van der Waals surface area contributed by atoms with E-state index in [-0.39, 0.29) is 5.69 Å². The highest BCUT2D eigenvalue weighted by atomic mass is 19.4. The average Bonchev–Trinajstić information content (AvgIpc) is 2.66. The Bertz CT molecular complexity index is 1090. The Kier molecular flexibility index (Phi) is 6.57. The van der Waals surface area contributed by atoms with E-state index in [4.69, 9.17) is 0 Å².